The number of ether oxygens (including phenoxy) is 2. The Bertz CT molecular complexity index is 337. The van der Waals surface area contributed by atoms with Crippen molar-refractivity contribution in [2.45, 2.75) is 18.9 Å². The van der Waals surface area contributed by atoms with Crippen LogP contribution in [0.15, 0.2) is 22.7 Å². The normalized spacial score (nSPS) is 17.7. The molecule has 15 heavy (non-hydrogen) atoms. The topological polar surface area (TPSA) is 18.5 Å². The largest absolute Gasteiger partial charge is 0.489 e. The van der Waals surface area contributed by atoms with E-state index in [2.05, 4.69) is 15.9 Å². The van der Waals surface area contributed by atoms with Crippen LogP contribution >= 0.6 is 15.9 Å². The van der Waals surface area contributed by atoms with Crippen molar-refractivity contribution >= 4 is 15.9 Å². The summed E-state index contributed by atoms with van der Waals surface area (Å²) in [5.74, 6) is 0.279. The Morgan fingerprint density at radius 2 is 2.07 bits per heavy atom. The van der Waals surface area contributed by atoms with Gasteiger partial charge in [-0.05, 0) is 28.1 Å². The number of benzene rings is 1. The molecule has 0 bridgehead atoms. The quantitative estimate of drug-likeness (QED) is 0.825. The van der Waals surface area contributed by atoms with Crippen molar-refractivity contribution in [3.8, 4) is 5.75 Å². The standard InChI is InChI=1S/C11H12BrFO2/c12-11-9(13)2-1-3-10(11)15-8-4-6-14-7-5-8/h1-3,8H,4-7H2. The number of rotatable bonds is 2. The zero-order valence-corrected chi connectivity index (χ0v) is 9.80. The second-order valence-electron chi connectivity index (χ2n) is 3.48. The van der Waals surface area contributed by atoms with Crippen molar-refractivity contribution in [1.82, 2.24) is 0 Å². The van der Waals surface area contributed by atoms with Crippen molar-refractivity contribution in [3.05, 3.63) is 28.5 Å². The van der Waals surface area contributed by atoms with Crippen LogP contribution in [0.2, 0.25) is 0 Å². The van der Waals surface area contributed by atoms with Crippen LogP contribution in [0.3, 0.4) is 0 Å². The van der Waals surface area contributed by atoms with Crippen LogP contribution in [0.25, 0.3) is 0 Å². The van der Waals surface area contributed by atoms with Gasteiger partial charge in [-0.3, -0.25) is 0 Å². The maximum Gasteiger partial charge on any atom is 0.141 e. The maximum absolute atomic E-state index is 13.2. The van der Waals surface area contributed by atoms with Crippen LogP contribution in [-0.2, 0) is 4.74 Å². The second-order valence-corrected chi connectivity index (χ2v) is 4.27. The lowest BCUT2D eigenvalue weighted by Gasteiger charge is -2.23. The van der Waals surface area contributed by atoms with Gasteiger partial charge >= 0.3 is 0 Å². The van der Waals surface area contributed by atoms with E-state index in [0.717, 1.165) is 26.1 Å². The molecule has 2 rings (SSSR count). The van der Waals surface area contributed by atoms with Gasteiger partial charge in [-0.2, -0.15) is 0 Å². The summed E-state index contributed by atoms with van der Waals surface area (Å²) in [6, 6.07) is 4.82. The van der Waals surface area contributed by atoms with E-state index in [1.165, 1.54) is 6.07 Å². The molecule has 4 heteroatoms. The molecule has 1 aromatic carbocycles. The van der Waals surface area contributed by atoms with Crippen molar-refractivity contribution in [2.75, 3.05) is 13.2 Å². The molecule has 1 saturated heterocycles. The predicted molar refractivity (Wildman–Crippen MR) is 58.6 cm³/mol. The molecule has 1 fully saturated rings. The lowest BCUT2D eigenvalue weighted by Crippen LogP contribution is -2.26. The van der Waals surface area contributed by atoms with Gasteiger partial charge in [-0.1, -0.05) is 6.07 Å². The van der Waals surface area contributed by atoms with Crippen molar-refractivity contribution in [1.29, 1.82) is 0 Å². The minimum absolute atomic E-state index is 0.136. The molecule has 0 atom stereocenters. The maximum atomic E-state index is 13.2. The highest BCUT2D eigenvalue weighted by Crippen LogP contribution is 2.29. The van der Waals surface area contributed by atoms with Crippen LogP contribution in [0.4, 0.5) is 4.39 Å². The first-order valence-electron chi connectivity index (χ1n) is 4.96. The molecule has 82 valence electrons. The predicted octanol–water partition coefficient (Wildman–Crippen LogP) is 3.15. The van der Waals surface area contributed by atoms with Crippen LogP contribution in [0, 0.1) is 5.82 Å². The van der Waals surface area contributed by atoms with Crippen LogP contribution in [0.1, 0.15) is 12.8 Å². The summed E-state index contributed by atoms with van der Waals surface area (Å²) < 4.78 is 24.5. The summed E-state index contributed by atoms with van der Waals surface area (Å²) in [5.41, 5.74) is 0. The molecule has 0 unspecified atom stereocenters. The Hall–Kier alpha value is -0.610. The smallest absolute Gasteiger partial charge is 0.141 e. The molecule has 1 aromatic rings. The Kier molecular flexibility index (Phi) is 3.59. The van der Waals surface area contributed by atoms with E-state index in [0.29, 0.717) is 10.2 Å². The molecule has 1 heterocycles. The van der Waals surface area contributed by atoms with Gasteiger partial charge in [-0.25, -0.2) is 4.39 Å². The van der Waals surface area contributed by atoms with Crippen molar-refractivity contribution in [2.24, 2.45) is 0 Å². The van der Waals surface area contributed by atoms with Gasteiger partial charge in [0.15, 0.2) is 0 Å². The number of hydrogen-bond acceptors (Lipinski definition) is 2. The third-order valence-electron chi connectivity index (χ3n) is 2.38. The van der Waals surface area contributed by atoms with Crippen molar-refractivity contribution in [3.63, 3.8) is 0 Å². The minimum Gasteiger partial charge on any atom is -0.489 e. The number of halogens is 2. The summed E-state index contributed by atoms with van der Waals surface area (Å²) in [7, 11) is 0. The van der Waals surface area contributed by atoms with Gasteiger partial charge in [0.2, 0.25) is 0 Å². The van der Waals surface area contributed by atoms with Gasteiger partial charge in [-0.15, -0.1) is 0 Å². The van der Waals surface area contributed by atoms with Gasteiger partial charge < -0.3 is 9.47 Å². The molecular formula is C11H12BrFO2. The van der Waals surface area contributed by atoms with Gasteiger partial charge in [0.05, 0.1) is 17.7 Å². The highest BCUT2D eigenvalue weighted by Gasteiger charge is 2.17. The summed E-state index contributed by atoms with van der Waals surface area (Å²) in [6.45, 7) is 1.44. The molecule has 0 radical (unpaired) electrons. The molecule has 0 saturated carbocycles. The molecular weight excluding hydrogens is 263 g/mol. The highest BCUT2D eigenvalue weighted by atomic mass is 79.9. The first-order valence-corrected chi connectivity index (χ1v) is 5.75. The molecule has 1 aliphatic heterocycles. The Labute approximate surface area is 96.5 Å². The molecule has 0 amide bonds. The Balaban J connectivity index is 2.06. The average molecular weight is 275 g/mol. The fraction of sp³-hybridized carbons (Fsp3) is 0.455. The molecule has 2 nitrogen and oxygen atoms in total. The lowest BCUT2D eigenvalue weighted by molar-refractivity contribution is 0.0251. The summed E-state index contributed by atoms with van der Waals surface area (Å²) in [5, 5.41) is 0. The van der Waals surface area contributed by atoms with Gasteiger partial charge in [0.1, 0.15) is 17.7 Å². The Morgan fingerprint density at radius 1 is 1.33 bits per heavy atom. The van der Waals surface area contributed by atoms with E-state index in [4.69, 9.17) is 9.47 Å². The average Bonchev–Trinajstić information content (AvgIpc) is 2.26. The van der Waals surface area contributed by atoms with Crippen LogP contribution in [0.5, 0.6) is 5.75 Å². The lowest BCUT2D eigenvalue weighted by atomic mass is 10.1. The first-order chi connectivity index (χ1) is 7.27. The molecule has 0 aromatic heterocycles. The third kappa shape index (κ3) is 2.69. The highest BCUT2D eigenvalue weighted by molar-refractivity contribution is 9.10. The molecule has 0 spiro atoms. The van der Waals surface area contributed by atoms with E-state index >= 15 is 0 Å². The second kappa shape index (κ2) is 4.94. The van der Waals surface area contributed by atoms with E-state index in [9.17, 15) is 4.39 Å². The Morgan fingerprint density at radius 3 is 2.80 bits per heavy atom. The fourth-order valence-corrected chi connectivity index (χ4v) is 1.91. The minimum atomic E-state index is -0.292. The summed E-state index contributed by atoms with van der Waals surface area (Å²) in [6.07, 6.45) is 1.86. The van der Waals surface area contributed by atoms with E-state index in [-0.39, 0.29) is 11.9 Å². The third-order valence-corrected chi connectivity index (χ3v) is 3.15. The SMILES string of the molecule is Fc1cccc(OC2CCOCC2)c1Br. The molecule has 1 aliphatic rings. The van der Waals surface area contributed by atoms with E-state index in [1.807, 2.05) is 0 Å². The van der Waals surface area contributed by atoms with Crippen LogP contribution in [-0.4, -0.2) is 19.3 Å². The van der Waals surface area contributed by atoms with E-state index in [1.54, 1.807) is 12.1 Å². The van der Waals surface area contributed by atoms with Crippen molar-refractivity contribution < 1.29 is 13.9 Å². The first kappa shape index (κ1) is 10.9. The van der Waals surface area contributed by atoms with Gasteiger partial charge in [0, 0.05) is 12.8 Å². The fourth-order valence-electron chi connectivity index (χ4n) is 1.55. The zero-order valence-electron chi connectivity index (χ0n) is 8.21. The van der Waals surface area contributed by atoms with Gasteiger partial charge in [0.25, 0.3) is 0 Å². The molecule has 0 N–H and O–H groups in total. The molecule has 0 aliphatic carbocycles. The summed E-state index contributed by atoms with van der Waals surface area (Å²) >= 11 is 3.18. The zero-order chi connectivity index (χ0) is 10.7. The van der Waals surface area contributed by atoms with Crippen LogP contribution < -0.4 is 4.74 Å². The summed E-state index contributed by atoms with van der Waals surface area (Å²) in [4.78, 5) is 0. The monoisotopic (exact) mass is 274 g/mol. The van der Waals surface area contributed by atoms with E-state index < -0.39 is 0 Å². The number of hydrogen-bond donors (Lipinski definition) is 0.